The van der Waals surface area contributed by atoms with Crippen molar-refractivity contribution in [2.45, 2.75) is 13.0 Å². The summed E-state index contributed by atoms with van der Waals surface area (Å²) in [6, 6.07) is 29.4. The highest BCUT2D eigenvalue weighted by molar-refractivity contribution is 5.95. The zero-order chi connectivity index (χ0) is 20.1. The molecule has 0 bridgehead atoms. The zero-order valence-electron chi connectivity index (χ0n) is 16.1. The Morgan fingerprint density at radius 2 is 1.31 bits per heavy atom. The van der Waals surface area contributed by atoms with Crippen molar-refractivity contribution in [3.63, 3.8) is 0 Å². The highest BCUT2D eigenvalue weighted by atomic mass is 16.1. The van der Waals surface area contributed by atoms with E-state index in [1.807, 2.05) is 97.9 Å². The molecule has 0 aliphatic rings. The summed E-state index contributed by atoms with van der Waals surface area (Å²) in [5.74, 6) is 0.419. The molecule has 0 saturated heterocycles. The molecular weight excluding hydrogens is 358 g/mol. The number of hydrogen-bond acceptors (Lipinski definition) is 3. The van der Waals surface area contributed by atoms with Crippen LogP contribution in [0, 0.1) is 6.92 Å². The lowest BCUT2D eigenvalue weighted by molar-refractivity contribution is 0.0941. The summed E-state index contributed by atoms with van der Waals surface area (Å²) in [5.41, 5.74) is 4.09. The average Bonchev–Trinajstić information content (AvgIpc) is 2.79. The molecule has 0 radical (unpaired) electrons. The first-order valence-corrected chi connectivity index (χ1v) is 9.52. The Morgan fingerprint density at radius 1 is 0.793 bits per heavy atom. The van der Waals surface area contributed by atoms with Gasteiger partial charge in [0.1, 0.15) is 0 Å². The minimum absolute atomic E-state index is 0.195. The number of nitrogens with one attached hydrogen (secondary N) is 1. The van der Waals surface area contributed by atoms with Gasteiger partial charge >= 0.3 is 0 Å². The summed E-state index contributed by atoms with van der Waals surface area (Å²) >= 11 is 0. The Hall–Kier alpha value is -3.79. The van der Waals surface area contributed by atoms with Gasteiger partial charge in [-0.2, -0.15) is 0 Å². The van der Waals surface area contributed by atoms with Crippen LogP contribution in [-0.4, -0.2) is 15.9 Å². The number of rotatable bonds is 5. The Bertz CT molecular complexity index is 1060. The van der Waals surface area contributed by atoms with E-state index >= 15 is 0 Å². The lowest BCUT2D eigenvalue weighted by Gasteiger charge is -2.20. The van der Waals surface area contributed by atoms with E-state index in [1.54, 1.807) is 6.20 Å². The van der Waals surface area contributed by atoms with Crippen molar-refractivity contribution in [2.24, 2.45) is 0 Å². The predicted molar refractivity (Wildman–Crippen MR) is 114 cm³/mol. The second-order valence-electron chi connectivity index (χ2n) is 6.79. The third-order valence-corrected chi connectivity index (χ3v) is 4.80. The highest BCUT2D eigenvalue weighted by Gasteiger charge is 2.20. The largest absolute Gasteiger partial charge is 0.341 e. The van der Waals surface area contributed by atoms with Crippen LogP contribution in [0.15, 0.2) is 97.2 Å². The van der Waals surface area contributed by atoms with Crippen LogP contribution in [0.3, 0.4) is 0 Å². The van der Waals surface area contributed by atoms with E-state index < -0.39 is 0 Å². The third kappa shape index (κ3) is 4.22. The maximum Gasteiger partial charge on any atom is 0.255 e. The van der Waals surface area contributed by atoms with Gasteiger partial charge in [0, 0.05) is 11.8 Å². The van der Waals surface area contributed by atoms with Crippen LogP contribution >= 0.6 is 0 Å². The fourth-order valence-electron chi connectivity index (χ4n) is 3.28. The first-order chi connectivity index (χ1) is 14.2. The molecule has 4 aromatic rings. The number of carbonyl (C=O) groups excluding carboxylic acids is 1. The summed E-state index contributed by atoms with van der Waals surface area (Å²) in [5, 5.41) is 3.15. The first kappa shape index (κ1) is 18.6. The second kappa shape index (κ2) is 8.48. The Balaban J connectivity index is 1.63. The normalized spacial score (nSPS) is 10.7. The van der Waals surface area contributed by atoms with Gasteiger partial charge < -0.3 is 5.32 Å². The molecular formula is C25H21N3O. The van der Waals surface area contributed by atoms with Gasteiger partial charge in [-0.3, -0.25) is 4.79 Å². The summed E-state index contributed by atoms with van der Waals surface area (Å²) in [4.78, 5) is 22.0. The molecule has 3 aromatic carbocycles. The van der Waals surface area contributed by atoms with Crippen molar-refractivity contribution in [1.82, 2.24) is 15.3 Å². The molecule has 4 heteroatoms. The standard InChI is InChI=1S/C25H21N3O/c1-18-22(17-26-24(27-18)21-15-9-4-10-16-21)25(29)28-23(19-11-5-2-6-12-19)20-13-7-3-8-14-20/h2-17,23H,1H3,(H,28,29). The van der Waals surface area contributed by atoms with E-state index in [4.69, 9.17) is 0 Å². The van der Waals surface area contributed by atoms with Crippen LogP contribution in [0.1, 0.15) is 33.2 Å². The number of amides is 1. The lowest BCUT2D eigenvalue weighted by Crippen LogP contribution is -2.30. The van der Waals surface area contributed by atoms with Crippen LogP contribution in [0.5, 0.6) is 0 Å². The molecule has 0 saturated carbocycles. The molecule has 142 valence electrons. The number of nitrogens with zero attached hydrogens (tertiary/aromatic N) is 2. The number of benzene rings is 3. The van der Waals surface area contributed by atoms with E-state index in [0.717, 1.165) is 16.7 Å². The van der Waals surface area contributed by atoms with Crippen LogP contribution in [0.25, 0.3) is 11.4 Å². The zero-order valence-corrected chi connectivity index (χ0v) is 16.1. The smallest absolute Gasteiger partial charge is 0.255 e. The van der Waals surface area contributed by atoms with Gasteiger partial charge in [0.05, 0.1) is 17.3 Å². The van der Waals surface area contributed by atoms with Crippen molar-refractivity contribution in [3.05, 3.63) is 120 Å². The Morgan fingerprint density at radius 3 is 1.83 bits per heavy atom. The topological polar surface area (TPSA) is 54.9 Å². The molecule has 0 fully saturated rings. The molecule has 0 atom stereocenters. The van der Waals surface area contributed by atoms with Crippen molar-refractivity contribution in [1.29, 1.82) is 0 Å². The van der Waals surface area contributed by atoms with Gasteiger partial charge in [-0.15, -0.1) is 0 Å². The van der Waals surface area contributed by atoms with Crippen LogP contribution in [-0.2, 0) is 0 Å². The SMILES string of the molecule is Cc1nc(-c2ccccc2)ncc1C(=O)NC(c1ccccc1)c1ccccc1. The van der Waals surface area contributed by atoms with Gasteiger partial charge in [-0.25, -0.2) is 9.97 Å². The molecule has 1 amide bonds. The minimum Gasteiger partial charge on any atom is -0.341 e. The van der Waals surface area contributed by atoms with Crippen molar-refractivity contribution in [3.8, 4) is 11.4 Å². The molecule has 1 heterocycles. The molecule has 1 aromatic heterocycles. The summed E-state index contributed by atoms with van der Waals surface area (Å²) < 4.78 is 0. The van der Waals surface area contributed by atoms with E-state index in [2.05, 4.69) is 15.3 Å². The Labute approximate surface area is 170 Å². The van der Waals surface area contributed by atoms with Gasteiger partial charge in [-0.05, 0) is 18.1 Å². The van der Waals surface area contributed by atoms with Gasteiger partial charge in [0.2, 0.25) is 0 Å². The number of carbonyl (C=O) groups is 1. The fourth-order valence-corrected chi connectivity index (χ4v) is 3.28. The maximum atomic E-state index is 13.1. The summed E-state index contributed by atoms with van der Waals surface area (Å²) in [6.45, 7) is 1.84. The van der Waals surface area contributed by atoms with E-state index in [1.165, 1.54) is 0 Å². The molecule has 4 nitrogen and oxygen atoms in total. The van der Waals surface area contributed by atoms with Gasteiger partial charge in [0.15, 0.2) is 5.82 Å². The third-order valence-electron chi connectivity index (χ3n) is 4.80. The van der Waals surface area contributed by atoms with Gasteiger partial charge in [0.25, 0.3) is 5.91 Å². The number of hydrogen-bond donors (Lipinski definition) is 1. The van der Waals surface area contributed by atoms with Crippen molar-refractivity contribution in [2.75, 3.05) is 0 Å². The minimum atomic E-state index is -0.252. The molecule has 0 unspecified atom stereocenters. The lowest BCUT2D eigenvalue weighted by atomic mass is 9.98. The predicted octanol–water partition coefficient (Wildman–Crippen LogP) is 4.97. The van der Waals surface area contributed by atoms with Crippen LogP contribution in [0.2, 0.25) is 0 Å². The van der Waals surface area contributed by atoms with Crippen LogP contribution in [0.4, 0.5) is 0 Å². The van der Waals surface area contributed by atoms with Crippen LogP contribution < -0.4 is 5.32 Å². The number of aromatic nitrogens is 2. The van der Waals surface area contributed by atoms with E-state index in [0.29, 0.717) is 17.1 Å². The quantitative estimate of drug-likeness (QED) is 0.532. The molecule has 29 heavy (non-hydrogen) atoms. The van der Waals surface area contributed by atoms with Gasteiger partial charge in [-0.1, -0.05) is 91.0 Å². The molecule has 4 rings (SSSR count). The van der Waals surface area contributed by atoms with E-state index in [9.17, 15) is 4.79 Å². The second-order valence-corrected chi connectivity index (χ2v) is 6.79. The van der Waals surface area contributed by atoms with Crippen molar-refractivity contribution < 1.29 is 4.79 Å². The Kier molecular flexibility index (Phi) is 5.43. The van der Waals surface area contributed by atoms with Crippen molar-refractivity contribution >= 4 is 5.91 Å². The molecule has 0 aliphatic carbocycles. The van der Waals surface area contributed by atoms with E-state index in [-0.39, 0.29) is 11.9 Å². The molecule has 1 N–H and O–H groups in total. The molecule has 0 spiro atoms. The fraction of sp³-hybridized carbons (Fsp3) is 0.0800. The monoisotopic (exact) mass is 379 g/mol. The average molecular weight is 379 g/mol. The summed E-state index contributed by atoms with van der Waals surface area (Å²) in [6.07, 6.45) is 1.60. The highest BCUT2D eigenvalue weighted by Crippen LogP contribution is 2.23. The maximum absolute atomic E-state index is 13.1. The molecule has 0 aliphatic heterocycles. The first-order valence-electron chi connectivity index (χ1n) is 9.52. The number of aryl methyl sites for hydroxylation is 1. The summed E-state index contributed by atoms with van der Waals surface area (Å²) in [7, 11) is 0.